The average molecular weight is 253 g/mol. The lowest BCUT2D eigenvalue weighted by Crippen LogP contribution is -2.48. The van der Waals surface area contributed by atoms with Crippen molar-refractivity contribution in [3.05, 3.63) is 0 Å². The highest BCUT2D eigenvalue weighted by Gasteiger charge is 2.34. The van der Waals surface area contributed by atoms with Crippen LogP contribution >= 0.6 is 0 Å². The molecule has 5 heteroatoms. The van der Waals surface area contributed by atoms with Crippen molar-refractivity contribution in [3.63, 3.8) is 0 Å². The molecular formula is C13H23N3O2. The van der Waals surface area contributed by atoms with Gasteiger partial charge in [-0.3, -0.25) is 9.59 Å². The molecule has 102 valence electrons. The minimum Gasteiger partial charge on any atom is -0.355 e. The van der Waals surface area contributed by atoms with E-state index in [1.807, 2.05) is 4.90 Å². The first-order chi connectivity index (χ1) is 8.72. The maximum atomic E-state index is 12.5. The third-order valence-electron chi connectivity index (χ3n) is 3.82. The van der Waals surface area contributed by atoms with Crippen molar-refractivity contribution in [3.8, 4) is 0 Å². The molecule has 0 aromatic rings. The minimum atomic E-state index is -0.140. The van der Waals surface area contributed by atoms with E-state index in [1.54, 1.807) is 0 Å². The number of hydrogen-bond acceptors (Lipinski definition) is 3. The molecular weight excluding hydrogens is 230 g/mol. The van der Waals surface area contributed by atoms with Crippen molar-refractivity contribution < 1.29 is 9.59 Å². The molecule has 2 fully saturated rings. The fourth-order valence-electron chi connectivity index (χ4n) is 2.85. The number of hydrogen-bond donors (Lipinski definition) is 2. The molecule has 2 rings (SSSR count). The van der Waals surface area contributed by atoms with Crippen molar-refractivity contribution >= 4 is 11.8 Å². The SMILES string of the molecule is CCCN(C(=O)C1CNC(=O)C1)C1CCNCC1. The van der Waals surface area contributed by atoms with Crippen LogP contribution in [0.2, 0.25) is 0 Å². The summed E-state index contributed by atoms with van der Waals surface area (Å²) in [6.07, 6.45) is 3.40. The maximum absolute atomic E-state index is 12.5. The standard InChI is InChI=1S/C13H23N3O2/c1-2-7-16(11-3-5-14-6-4-11)13(18)10-8-12(17)15-9-10/h10-11,14H,2-9H2,1H3,(H,15,17). The third-order valence-corrected chi connectivity index (χ3v) is 3.82. The Morgan fingerprint density at radius 2 is 2.11 bits per heavy atom. The highest BCUT2D eigenvalue weighted by atomic mass is 16.2. The molecule has 0 aliphatic carbocycles. The number of nitrogens with zero attached hydrogens (tertiary/aromatic N) is 1. The molecule has 2 N–H and O–H groups in total. The predicted octanol–water partition coefficient (Wildman–Crippen LogP) is 0.113. The van der Waals surface area contributed by atoms with Gasteiger partial charge >= 0.3 is 0 Å². The van der Waals surface area contributed by atoms with E-state index in [2.05, 4.69) is 17.6 Å². The minimum absolute atomic E-state index is 0.00936. The van der Waals surface area contributed by atoms with Crippen LogP contribution in [-0.2, 0) is 9.59 Å². The quantitative estimate of drug-likeness (QED) is 0.748. The molecule has 1 atom stereocenters. The Morgan fingerprint density at radius 3 is 2.67 bits per heavy atom. The first-order valence-corrected chi connectivity index (χ1v) is 7.00. The van der Waals surface area contributed by atoms with E-state index in [9.17, 15) is 9.59 Å². The summed E-state index contributed by atoms with van der Waals surface area (Å²) in [5.41, 5.74) is 0. The zero-order chi connectivity index (χ0) is 13.0. The van der Waals surface area contributed by atoms with Gasteiger partial charge in [-0.15, -0.1) is 0 Å². The van der Waals surface area contributed by atoms with Gasteiger partial charge in [-0.2, -0.15) is 0 Å². The monoisotopic (exact) mass is 253 g/mol. The molecule has 2 saturated heterocycles. The second kappa shape index (κ2) is 6.18. The fraction of sp³-hybridized carbons (Fsp3) is 0.846. The largest absolute Gasteiger partial charge is 0.355 e. The Labute approximate surface area is 108 Å². The Bertz CT molecular complexity index is 313. The van der Waals surface area contributed by atoms with Gasteiger partial charge in [0, 0.05) is 25.6 Å². The molecule has 2 heterocycles. The van der Waals surface area contributed by atoms with Crippen LogP contribution < -0.4 is 10.6 Å². The maximum Gasteiger partial charge on any atom is 0.228 e. The summed E-state index contributed by atoms with van der Waals surface area (Å²) in [5.74, 6) is 0.0381. The average Bonchev–Trinajstić information content (AvgIpc) is 2.83. The molecule has 0 aromatic heterocycles. The number of carbonyl (C=O) groups is 2. The number of piperidine rings is 1. The zero-order valence-corrected chi connectivity index (χ0v) is 11.1. The van der Waals surface area contributed by atoms with Crippen LogP contribution in [0.25, 0.3) is 0 Å². The summed E-state index contributed by atoms with van der Waals surface area (Å²) in [4.78, 5) is 25.7. The molecule has 0 saturated carbocycles. The lowest BCUT2D eigenvalue weighted by molar-refractivity contribution is -0.138. The fourth-order valence-corrected chi connectivity index (χ4v) is 2.85. The van der Waals surface area contributed by atoms with Gasteiger partial charge in [-0.25, -0.2) is 0 Å². The summed E-state index contributed by atoms with van der Waals surface area (Å²) in [5, 5.41) is 6.07. The smallest absolute Gasteiger partial charge is 0.228 e. The van der Waals surface area contributed by atoms with Gasteiger partial charge in [0.05, 0.1) is 5.92 Å². The molecule has 2 aliphatic heterocycles. The Kier molecular flexibility index (Phi) is 4.58. The second-order valence-electron chi connectivity index (χ2n) is 5.22. The Morgan fingerprint density at radius 1 is 1.39 bits per heavy atom. The summed E-state index contributed by atoms with van der Waals surface area (Å²) < 4.78 is 0. The van der Waals surface area contributed by atoms with Crippen LogP contribution in [0.4, 0.5) is 0 Å². The van der Waals surface area contributed by atoms with Crippen LogP contribution in [-0.4, -0.2) is 48.9 Å². The molecule has 0 spiro atoms. The second-order valence-corrected chi connectivity index (χ2v) is 5.22. The Hall–Kier alpha value is -1.10. The number of carbonyl (C=O) groups excluding carboxylic acids is 2. The van der Waals surface area contributed by atoms with Gasteiger partial charge < -0.3 is 15.5 Å². The number of amides is 2. The van der Waals surface area contributed by atoms with Gasteiger partial charge in [-0.05, 0) is 32.4 Å². The van der Waals surface area contributed by atoms with Gasteiger partial charge in [0.1, 0.15) is 0 Å². The van der Waals surface area contributed by atoms with Crippen molar-refractivity contribution in [1.82, 2.24) is 15.5 Å². The van der Waals surface area contributed by atoms with Crippen LogP contribution in [0.15, 0.2) is 0 Å². The highest BCUT2D eigenvalue weighted by Crippen LogP contribution is 2.19. The van der Waals surface area contributed by atoms with Crippen molar-refractivity contribution in [1.29, 1.82) is 0 Å². The van der Waals surface area contributed by atoms with Gasteiger partial charge in [0.2, 0.25) is 11.8 Å². The molecule has 18 heavy (non-hydrogen) atoms. The molecule has 0 aromatic carbocycles. The van der Waals surface area contributed by atoms with Crippen LogP contribution in [0.3, 0.4) is 0 Å². The molecule has 2 aliphatic rings. The van der Waals surface area contributed by atoms with Crippen molar-refractivity contribution in [2.75, 3.05) is 26.2 Å². The van der Waals surface area contributed by atoms with Crippen molar-refractivity contribution in [2.24, 2.45) is 5.92 Å². The number of rotatable bonds is 4. The zero-order valence-electron chi connectivity index (χ0n) is 11.1. The van der Waals surface area contributed by atoms with E-state index in [-0.39, 0.29) is 17.7 Å². The van der Waals surface area contributed by atoms with E-state index >= 15 is 0 Å². The van der Waals surface area contributed by atoms with E-state index in [0.717, 1.165) is 38.9 Å². The van der Waals surface area contributed by atoms with E-state index in [4.69, 9.17) is 0 Å². The molecule has 1 unspecified atom stereocenters. The van der Waals surface area contributed by atoms with Crippen LogP contribution in [0.5, 0.6) is 0 Å². The molecule has 5 nitrogen and oxygen atoms in total. The number of nitrogens with one attached hydrogen (secondary N) is 2. The normalized spacial score (nSPS) is 24.9. The topological polar surface area (TPSA) is 61.4 Å². The van der Waals surface area contributed by atoms with Gasteiger partial charge in [-0.1, -0.05) is 6.92 Å². The van der Waals surface area contributed by atoms with Crippen LogP contribution in [0.1, 0.15) is 32.6 Å². The van der Waals surface area contributed by atoms with E-state index < -0.39 is 0 Å². The highest BCUT2D eigenvalue weighted by molar-refractivity contribution is 5.89. The first kappa shape index (κ1) is 13.3. The van der Waals surface area contributed by atoms with Crippen LogP contribution in [0, 0.1) is 5.92 Å². The third kappa shape index (κ3) is 3.02. The summed E-state index contributed by atoms with van der Waals surface area (Å²) in [7, 11) is 0. The molecule has 2 amide bonds. The molecule has 0 bridgehead atoms. The van der Waals surface area contributed by atoms with E-state index in [1.165, 1.54) is 0 Å². The van der Waals surface area contributed by atoms with Crippen molar-refractivity contribution in [2.45, 2.75) is 38.6 Å². The molecule has 0 radical (unpaired) electrons. The predicted molar refractivity (Wildman–Crippen MR) is 69.0 cm³/mol. The lowest BCUT2D eigenvalue weighted by atomic mass is 10.0. The summed E-state index contributed by atoms with van der Waals surface area (Å²) >= 11 is 0. The first-order valence-electron chi connectivity index (χ1n) is 7.00. The van der Waals surface area contributed by atoms with Gasteiger partial charge in [0.15, 0.2) is 0 Å². The Balaban J connectivity index is 1.99. The lowest BCUT2D eigenvalue weighted by Gasteiger charge is -2.36. The van der Waals surface area contributed by atoms with E-state index in [0.29, 0.717) is 19.0 Å². The summed E-state index contributed by atoms with van der Waals surface area (Å²) in [6, 6.07) is 0.356. The summed E-state index contributed by atoms with van der Waals surface area (Å²) in [6.45, 7) is 5.40. The van der Waals surface area contributed by atoms with Gasteiger partial charge in [0.25, 0.3) is 0 Å².